The number of hydrogen-bond donors (Lipinski definition) is 0. The van der Waals surface area contributed by atoms with Crippen LogP contribution in [0.3, 0.4) is 0 Å². The Labute approximate surface area is 167 Å². The van der Waals surface area contributed by atoms with Gasteiger partial charge in [0.05, 0.1) is 11.3 Å². The zero-order valence-corrected chi connectivity index (χ0v) is 16.2. The number of rotatable bonds is 7. The van der Waals surface area contributed by atoms with Crippen LogP contribution in [0.1, 0.15) is 37.7 Å². The first kappa shape index (κ1) is 19.6. The van der Waals surface area contributed by atoms with E-state index in [1.165, 1.54) is 0 Å². The standard InChI is InChI=1S/C21H18ClNO5/c1-13-18(14(2)28-23-13)11-26-20-6-4-3-5-17(20)21(25)27-12-19(24)15-7-9-16(22)10-8-15/h3-10H,11-12H2,1-2H3. The number of Topliss-reactive ketones (excluding diaryl/α,β-unsaturated/α-hetero) is 1. The molecular weight excluding hydrogens is 382 g/mol. The molecule has 0 unspecified atom stereocenters. The molecule has 0 saturated heterocycles. The molecule has 0 spiro atoms. The highest BCUT2D eigenvalue weighted by Gasteiger charge is 2.17. The Kier molecular flexibility index (Phi) is 6.11. The van der Waals surface area contributed by atoms with E-state index in [1.54, 1.807) is 55.5 Å². The van der Waals surface area contributed by atoms with Crippen LogP contribution in [0, 0.1) is 13.8 Å². The largest absolute Gasteiger partial charge is 0.488 e. The number of ether oxygens (including phenoxy) is 2. The van der Waals surface area contributed by atoms with Crippen molar-refractivity contribution in [3.63, 3.8) is 0 Å². The van der Waals surface area contributed by atoms with Crippen LogP contribution in [-0.4, -0.2) is 23.5 Å². The molecule has 0 atom stereocenters. The van der Waals surface area contributed by atoms with Gasteiger partial charge in [-0.05, 0) is 50.2 Å². The van der Waals surface area contributed by atoms with Gasteiger partial charge in [-0.3, -0.25) is 4.79 Å². The van der Waals surface area contributed by atoms with Gasteiger partial charge in [-0.1, -0.05) is 28.9 Å². The first-order valence-corrected chi connectivity index (χ1v) is 8.93. The number of hydrogen-bond acceptors (Lipinski definition) is 6. The maximum absolute atomic E-state index is 12.4. The Hall–Kier alpha value is -3.12. The van der Waals surface area contributed by atoms with Crippen molar-refractivity contribution in [1.29, 1.82) is 0 Å². The van der Waals surface area contributed by atoms with Gasteiger partial charge < -0.3 is 14.0 Å². The average molecular weight is 400 g/mol. The summed E-state index contributed by atoms with van der Waals surface area (Å²) in [7, 11) is 0. The molecule has 2 aromatic carbocycles. The number of para-hydroxylation sites is 1. The van der Waals surface area contributed by atoms with E-state index >= 15 is 0 Å². The third-order valence-corrected chi connectivity index (χ3v) is 4.41. The second kappa shape index (κ2) is 8.71. The number of ketones is 1. The van der Waals surface area contributed by atoms with Crippen molar-refractivity contribution >= 4 is 23.4 Å². The molecule has 0 aliphatic rings. The average Bonchev–Trinajstić information content (AvgIpc) is 3.02. The van der Waals surface area contributed by atoms with Crippen LogP contribution in [0.5, 0.6) is 5.75 Å². The summed E-state index contributed by atoms with van der Waals surface area (Å²) in [6.45, 7) is 3.44. The highest BCUT2D eigenvalue weighted by atomic mass is 35.5. The van der Waals surface area contributed by atoms with Crippen LogP contribution in [0.15, 0.2) is 53.1 Å². The fourth-order valence-electron chi connectivity index (χ4n) is 2.55. The predicted molar refractivity (Wildman–Crippen MR) is 103 cm³/mol. The number of nitrogens with zero attached hydrogens (tertiary/aromatic N) is 1. The van der Waals surface area contributed by atoms with Gasteiger partial charge in [0.25, 0.3) is 0 Å². The van der Waals surface area contributed by atoms with Gasteiger partial charge in [0.15, 0.2) is 12.4 Å². The topological polar surface area (TPSA) is 78.6 Å². The lowest BCUT2D eigenvalue weighted by Crippen LogP contribution is -2.15. The third-order valence-electron chi connectivity index (χ3n) is 4.16. The Morgan fingerprint density at radius 1 is 1.07 bits per heavy atom. The molecule has 7 heteroatoms. The first-order valence-electron chi connectivity index (χ1n) is 8.55. The third kappa shape index (κ3) is 4.58. The van der Waals surface area contributed by atoms with Crippen molar-refractivity contribution in [2.45, 2.75) is 20.5 Å². The molecule has 0 saturated carbocycles. The number of aryl methyl sites for hydroxylation is 2. The van der Waals surface area contributed by atoms with Gasteiger partial charge in [0.1, 0.15) is 23.7 Å². The molecule has 0 aliphatic carbocycles. The van der Waals surface area contributed by atoms with Crippen LogP contribution < -0.4 is 4.74 Å². The number of aromatic nitrogens is 1. The number of carbonyl (C=O) groups is 2. The van der Waals surface area contributed by atoms with Crippen molar-refractivity contribution in [3.8, 4) is 5.75 Å². The van der Waals surface area contributed by atoms with Crippen LogP contribution >= 0.6 is 11.6 Å². The zero-order valence-electron chi connectivity index (χ0n) is 15.4. The Morgan fingerprint density at radius 3 is 2.46 bits per heavy atom. The second-order valence-corrected chi connectivity index (χ2v) is 6.53. The van der Waals surface area contributed by atoms with Gasteiger partial charge in [-0.2, -0.15) is 0 Å². The molecule has 0 radical (unpaired) electrons. The first-order chi connectivity index (χ1) is 13.5. The van der Waals surface area contributed by atoms with Crippen molar-refractivity contribution in [3.05, 3.63) is 81.7 Å². The SMILES string of the molecule is Cc1noc(C)c1COc1ccccc1C(=O)OCC(=O)c1ccc(Cl)cc1. The molecule has 1 aromatic heterocycles. The molecule has 1 heterocycles. The molecule has 0 N–H and O–H groups in total. The maximum Gasteiger partial charge on any atom is 0.342 e. The van der Waals surface area contributed by atoms with E-state index < -0.39 is 5.97 Å². The summed E-state index contributed by atoms with van der Waals surface area (Å²) in [4.78, 5) is 24.6. The zero-order chi connectivity index (χ0) is 20.1. The normalized spacial score (nSPS) is 10.5. The lowest BCUT2D eigenvalue weighted by Gasteiger charge is -2.11. The molecule has 0 aliphatic heterocycles. The van der Waals surface area contributed by atoms with Gasteiger partial charge in [-0.25, -0.2) is 4.79 Å². The fraction of sp³-hybridized carbons (Fsp3) is 0.190. The second-order valence-electron chi connectivity index (χ2n) is 6.09. The minimum atomic E-state index is -0.642. The summed E-state index contributed by atoms with van der Waals surface area (Å²) >= 11 is 5.81. The summed E-state index contributed by atoms with van der Waals surface area (Å²) in [6.07, 6.45) is 0. The molecule has 0 amide bonds. The van der Waals surface area contributed by atoms with Crippen LogP contribution in [0.2, 0.25) is 5.02 Å². The molecule has 3 rings (SSSR count). The summed E-state index contributed by atoms with van der Waals surface area (Å²) in [5, 5.41) is 4.40. The summed E-state index contributed by atoms with van der Waals surface area (Å²) in [5.74, 6) is 0.0494. The van der Waals surface area contributed by atoms with E-state index in [9.17, 15) is 9.59 Å². The van der Waals surface area contributed by atoms with E-state index in [4.69, 9.17) is 25.6 Å². The molecule has 144 valence electrons. The van der Waals surface area contributed by atoms with Crippen molar-refractivity contribution in [1.82, 2.24) is 5.16 Å². The molecule has 28 heavy (non-hydrogen) atoms. The van der Waals surface area contributed by atoms with Gasteiger partial charge >= 0.3 is 5.97 Å². The van der Waals surface area contributed by atoms with Gasteiger partial charge in [0, 0.05) is 10.6 Å². The highest BCUT2D eigenvalue weighted by molar-refractivity contribution is 6.30. The number of halogens is 1. The lowest BCUT2D eigenvalue weighted by molar-refractivity contribution is 0.0470. The monoisotopic (exact) mass is 399 g/mol. The minimum absolute atomic E-state index is 0.204. The Balaban J connectivity index is 1.65. The molecular formula is C21H18ClNO5. The van der Waals surface area contributed by atoms with E-state index in [2.05, 4.69) is 5.16 Å². The summed E-state index contributed by atoms with van der Waals surface area (Å²) in [6, 6.07) is 13.1. The Morgan fingerprint density at radius 2 is 1.79 bits per heavy atom. The van der Waals surface area contributed by atoms with Gasteiger partial charge in [-0.15, -0.1) is 0 Å². The molecule has 0 bridgehead atoms. The number of carbonyl (C=O) groups excluding carboxylic acids is 2. The Bertz CT molecular complexity index is 975. The molecule has 6 nitrogen and oxygen atoms in total. The summed E-state index contributed by atoms with van der Waals surface area (Å²) in [5.41, 5.74) is 2.20. The van der Waals surface area contributed by atoms with E-state index in [-0.39, 0.29) is 24.6 Å². The number of benzene rings is 2. The highest BCUT2D eigenvalue weighted by Crippen LogP contribution is 2.22. The maximum atomic E-state index is 12.4. The lowest BCUT2D eigenvalue weighted by atomic mass is 10.1. The van der Waals surface area contributed by atoms with Crippen LogP contribution in [0.25, 0.3) is 0 Å². The molecule has 3 aromatic rings. The van der Waals surface area contributed by atoms with E-state index in [0.717, 1.165) is 11.3 Å². The minimum Gasteiger partial charge on any atom is -0.488 e. The fourth-order valence-corrected chi connectivity index (χ4v) is 2.67. The van der Waals surface area contributed by atoms with Crippen molar-refractivity contribution < 1.29 is 23.6 Å². The van der Waals surface area contributed by atoms with Crippen LogP contribution in [0.4, 0.5) is 0 Å². The van der Waals surface area contributed by atoms with Crippen molar-refractivity contribution in [2.75, 3.05) is 6.61 Å². The van der Waals surface area contributed by atoms with Crippen LogP contribution in [-0.2, 0) is 11.3 Å². The molecule has 0 fully saturated rings. The number of esters is 1. The quantitative estimate of drug-likeness (QED) is 0.428. The van der Waals surface area contributed by atoms with E-state index in [1.807, 2.05) is 6.92 Å². The smallest absolute Gasteiger partial charge is 0.342 e. The predicted octanol–water partition coefficient (Wildman–Crippen LogP) is 4.56. The van der Waals surface area contributed by atoms with E-state index in [0.29, 0.717) is 22.1 Å². The van der Waals surface area contributed by atoms with Gasteiger partial charge in [0.2, 0.25) is 0 Å². The van der Waals surface area contributed by atoms with Crippen molar-refractivity contribution in [2.24, 2.45) is 0 Å². The summed E-state index contributed by atoms with van der Waals surface area (Å²) < 4.78 is 16.0.